The third kappa shape index (κ3) is 12.5. The first-order valence-electron chi connectivity index (χ1n) is 36.7. The van der Waals surface area contributed by atoms with E-state index in [0.29, 0.717) is 0 Å². The molecule has 0 radical (unpaired) electrons. The number of anilines is 6. The normalized spacial score (nSPS) is 11.3. The van der Waals surface area contributed by atoms with Crippen LogP contribution in [0.4, 0.5) is 34.1 Å². The molecular weight excluding hydrogens is 1310 g/mol. The van der Waals surface area contributed by atoms with E-state index in [1.165, 1.54) is 21.5 Å². The first-order valence-corrected chi connectivity index (χ1v) is 36.7. The molecule has 0 amide bonds. The van der Waals surface area contributed by atoms with Crippen LogP contribution in [0.3, 0.4) is 0 Å². The van der Waals surface area contributed by atoms with Crippen LogP contribution in [-0.4, -0.2) is 9.13 Å². The van der Waals surface area contributed by atoms with E-state index in [9.17, 15) is 0 Å². The lowest BCUT2D eigenvalue weighted by Gasteiger charge is -2.26. The zero-order chi connectivity index (χ0) is 72.6. The van der Waals surface area contributed by atoms with Gasteiger partial charge in [0.15, 0.2) is 0 Å². The lowest BCUT2D eigenvalue weighted by molar-refractivity contribution is 1.18. The van der Waals surface area contributed by atoms with Gasteiger partial charge in [0, 0.05) is 67.0 Å². The Morgan fingerprint density at radius 2 is 0.343 bits per heavy atom. The maximum atomic E-state index is 3.96. The van der Waals surface area contributed by atoms with Crippen molar-refractivity contribution in [2.75, 3.05) is 9.80 Å². The molecule has 0 spiro atoms. The molecule has 0 bridgehead atoms. The SMILES string of the molecule is C=Cc1ccc(-c2ccc(N(c3ccc(-c4ccc(C=C)cc4)cc3)c3ccc(-c4ccc5c(c4)c4cc(-c6ccc7c(c6)c6cc(-c8ccc(N(c9ccc(-c%10ccc(C=C)cc%10)cc9)c9ccc(-c%10ccc(C=C)cc%10)cc9)cc8)ccc6n7-c6ccccc6)ccc4n5-c4ccccc4)cc3)cc2)cc1. The largest absolute Gasteiger partial charge is 0.311 e. The van der Waals surface area contributed by atoms with Crippen molar-refractivity contribution in [3.05, 3.63) is 425 Å². The maximum Gasteiger partial charge on any atom is 0.0541 e. The third-order valence-corrected chi connectivity index (χ3v) is 21.2. The molecular formula is C104H74N4. The Hall–Kier alpha value is -14.3. The van der Waals surface area contributed by atoms with Crippen LogP contribution in [0.15, 0.2) is 402 Å². The first-order chi connectivity index (χ1) is 53.3. The summed E-state index contributed by atoms with van der Waals surface area (Å²) in [5.74, 6) is 0. The van der Waals surface area contributed by atoms with E-state index in [0.717, 1.165) is 168 Å². The summed E-state index contributed by atoms with van der Waals surface area (Å²) in [6.45, 7) is 15.8. The van der Waals surface area contributed by atoms with Crippen LogP contribution in [0.25, 0.3) is 157 Å². The summed E-state index contributed by atoms with van der Waals surface area (Å²) < 4.78 is 4.82. The fraction of sp³-hybridized carbons (Fsp3) is 0. The van der Waals surface area contributed by atoms with Gasteiger partial charge < -0.3 is 18.9 Å². The summed E-state index contributed by atoms with van der Waals surface area (Å²) in [5, 5.41) is 4.74. The highest BCUT2D eigenvalue weighted by Gasteiger charge is 2.21. The van der Waals surface area contributed by atoms with Crippen LogP contribution < -0.4 is 9.80 Å². The molecule has 2 aromatic heterocycles. The van der Waals surface area contributed by atoms with Crippen LogP contribution in [0.2, 0.25) is 0 Å². The van der Waals surface area contributed by atoms with Gasteiger partial charge in [-0.25, -0.2) is 0 Å². The monoisotopic (exact) mass is 1380 g/mol. The number of hydrogen-bond acceptors (Lipinski definition) is 2. The van der Waals surface area contributed by atoms with Crippen LogP contribution in [0.5, 0.6) is 0 Å². The van der Waals surface area contributed by atoms with Crippen molar-refractivity contribution >= 4 is 102 Å². The zero-order valence-electron chi connectivity index (χ0n) is 59.7. The molecule has 0 aliphatic heterocycles. The summed E-state index contributed by atoms with van der Waals surface area (Å²) in [6, 6.07) is 137. The summed E-state index contributed by atoms with van der Waals surface area (Å²) >= 11 is 0. The zero-order valence-corrected chi connectivity index (χ0v) is 59.7. The molecule has 510 valence electrons. The molecule has 0 N–H and O–H groups in total. The number of fused-ring (bicyclic) bond motifs is 6. The maximum absolute atomic E-state index is 3.96. The molecule has 4 nitrogen and oxygen atoms in total. The Labute approximate surface area is 630 Å². The van der Waals surface area contributed by atoms with Crippen LogP contribution in [0, 0.1) is 0 Å². The van der Waals surface area contributed by atoms with Crippen LogP contribution in [0.1, 0.15) is 22.3 Å². The number of benzene rings is 16. The van der Waals surface area contributed by atoms with Crippen LogP contribution in [-0.2, 0) is 0 Å². The van der Waals surface area contributed by atoms with E-state index < -0.39 is 0 Å². The van der Waals surface area contributed by atoms with Crippen molar-refractivity contribution in [3.63, 3.8) is 0 Å². The van der Waals surface area contributed by atoms with Crippen LogP contribution >= 0.6 is 0 Å². The number of para-hydroxylation sites is 2. The standard InChI is InChI=1S/C104H74N4/c1-5-71-19-27-75(28-20-71)79-35-51-91(52-36-79)105(92-53-37-80(38-54-92)76-29-21-72(6-2)22-30-76)95-59-43-83(44-60-95)85-47-63-101-97(67-85)99-69-87(49-65-103(99)107(101)89-15-11-9-12-16-89)88-50-66-104-100(70-88)98-68-86(48-64-102(98)108(104)90-17-13-10-14-18-90)84-45-61-96(62-46-84)106(93-55-39-81(40-56-93)77-31-23-73(7-3)24-32-77)94-57-41-82(42-58-94)78-33-25-74(8-4)26-34-78/h5-70H,1-4H2. The van der Waals surface area contributed by atoms with Gasteiger partial charge >= 0.3 is 0 Å². The topological polar surface area (TPSA) is 16.3 Å². The van der Waals surface area contributed by atoms with Gasteiger partial charge in [-0.3, -0.25) is 0 Å². The summed E-state index contributed by atoms with van der Waals surface area (Å²) in [5.41, 5.74) is 33.7. The molecule has 18 rings (SSSR count). The third-order valence-electron chi connectivity index (χ3n) is 21.2. The molecule has 0 aliphatic rings. The molecule has 16 aromatic carbocycles. The Kier molecular flexibility index (Phi) is 17.3. The van der Waals surface area contributed by atoms with Gasteiger partial charge in [-0.2, -0.15) is 0 Å². The predicted octanol–water partition coefficient (Wildman–Crippen LogP) is 29.1. The van der Waals surface area contributed by atoms with Crippen molar-refractivity contribution in [2.24, 2.45) is 0 Å². The molecule has 108 heavy (non-hydrogen) atoms. The molecule has 0 fully saturated rings. The second-order valence-electron chi connectivity index (χ2n) is 27.5. The average Bonchev–Trinajstić information content (AvgIpc) is 1.60. The number of rotatable bonds is 19. The van der Waals surface area contributed by atoms with Gasteiger partial charge in [0.1, 0.15) is 0 Å². The number of nitrogens with zero attached hydrogens (tertiary/aromatic N) is 4. The van der Waals surface area contributed by atoms with Crippen molar-refractivity contribution in [1.82, 2.24) is 9.13 Å². The fourth-order valence-electron chi connectivity index (χ4n) is 15.4. The Bertz CT molecular complexity index is 5780. The van der Waals surface area contributed by atoms with Crippen molar-refractivity contribution in [3.8, 4) is 89.3 Å². The molecule has 0 aliphatic carbocycles. The van der Waals surface area contributed by atoms with Gasteiger partial charge in [-0.05, 0) is 246 Å². The Morgan fingerprint density at radius 3 is 0.537 bits per heavy atom. The Balaban J connectivity index is 0.699. The molecule has 4 heteroatoms. The molecule has 0 unspecified atom stereocenters. The minimum atomic E-state index is 1.06. The lowest BCUT2D eigenvalue weighted by atomic mass is 9.98. The molecule has 2 heterocycles. The summed E-state index contributed by atoms with van der Waals surface area (Å²) in [6.07, 6.45) is 7.53. The first kappa shape index (κ1) is 65.7. The highest BCUT2D eigenvalue weighted by atomic mass is 15.1. The minimum Gasteiger partial charge on any atom is -0.311 e. The van der Waals surface area contributed by atoms with Gasteiger partial charge in [-0.15, -0.1) is 0 Å². The second-order valence-corrected chi connectivity index (χ2v) is 27.5. The van der Waals surface area contributed by atoms with E-state index in [1.54, 1.807) is 0 Å². The van der Waals surface area contributed by atoms with Gasteiger partial charge in [-0.1, -0.05) is 281 Å². The number of hydrogen-bond donors (Lipinski definition) is 0. The van der Waals surface area contributed by atoms with Gasteiger partial charge in [0.05, 0.1) is 22.1 Å². The lowest BCUT2D eigenvalue weighted by Crippen LogP contribution is -2.09. The van der Waals surface area contributed by atoms with E-state index >= 15 is 0 Å². The van der Waals surface area contributed by atoms with E-state index in [4.69, 9.17) is 0 Å². The molecule has 0 atom stereocenters. The highest BCUT2D eigenvalue weighted by molar-refractivity contribution is 6.14. The highest BCUT2D eigenvalue weighted by Crippen LogP contribution is 2.45. The summed E-state index contributed by atoms with van der Waals surface area (Å²) in [7, 11) is 0. The van der Waals surface area contributed by atoms with E-state index in [1.807, 2.05) is 24.3 Å². The van der Waals surface area contributed by atoms with Gasteiger partial charge in [0.25, 0.3) is 0 Å². The molecule has 0 saturated heterocycles. The summed E-state index contributed by atoms with van der Waals surface area (Å²) in [4.78, 5) is 4.69. The van der Waals surface area contributed by atoms with Gasteiger partial charge in [0.2, 0.25) is 0 Å². The second kappa shape index (κ2) is 28.4. The smallest absolute Gasteiger partial charge is 0.0541 e. The average molecular weight is 1380 g/mol. The molecule has 0 saturated carbocycles. The van der Waals surface area contributed by atoms with E-state index in [2.05, 4.69) is 421 Å². The fourth-order valence-corrected chi connectivity index (χ4v) is 15.4. The van der Waals surface area contributed by atoms with E-state index in [-0.39, 0.29) is 0 Å². The van der Waals surface area contributed by atoms with Crippen molar-refractivity contribution < 1.29 is 0 Å². The minimum absolute atomic E-state index is 1.06. The van der Waals surface area contributed by atoms with Crippen molar-refractivity contribution in [1.29, 1.82) is 0 Å². The molecule has 18 aromatic rings. The predicted molar refractivity (Wildman–Crippen MR) is 463 cm³/mol. The van der Waals surface area contributed by atoms with Crippen molar-refractivity contribution in [2.45, 2.75) is 0 Å². The quantitative estimate of drug-likeness (QED) is 0.0802. The number of aromatic nitrogens is 2. The Morgan fingerprint density at radius 1 is 0.176 bits per heavy atom.